The zero-order chi connectivity index (χ0) is 17.8. The van der Waals surface area contributed by atoms with E-state index in [1.165, 1.54) is 6.92 Å². The first-order chi connectivity index (χ1) is 12.1. The Hall–Kier alpha value is -2.66. The van der Waals surface area contributed by atoms with Gasteiger partial charge in [0, 0.05) is 26.4 Å². The summed E-state index contributed by atoms with van der Waals surface area (Å²) in [4.78, 5) is 26.4. The maximum Gasteiger partial charge on any atom is 0.243 e. The number of rotatable bonds is 4. The number of benzene rings is 2. The largest absolute Gasteiger partial charge is 0.392 e. The van der Waals surface area contributed by atoms with Crippen LogP contribution in [0.1, 0.15) is 29.2 Å². The molecular formula is C20H22N2O3. The van der Waals surface area contributed by atoms with E-state index in [9.17, 15) is 14.7 Å². The van der Waals surface area contributed by atoms with E-state index in [4.69, 9.17) is 0 Å². The lowest BCUT2D eigenvalue weighted by Gasteiger charge is -2.35. The molecule has 0 saturated heterocycles. The third-order valence-electron chi connectivity index (χ3n) is 4.70. The lowest BCUT2D eigenvalue weighted by Crippen LogP contribution is -2.51. The first kappa shape index (κ1) is 17.2. The molecule has 2 aromatic rings. The monoisotopic (exact) mass is 338 g/mol. The minimum Gasteiger partial charge on any atom is -0.392 e. The molecule has 1 unspecified atom stereocenters. The molecule has 1 atom stereocenters. The molecule has 1 aliphatic heterocycles. The minimum absolute atomic E-state index is 0.0670. The van der Waals surface area contributed by atoms with Crippen LogP contribution in [-0.4, -0.2) is 27.9 Å². The first-order valence-corrected chi connectivity index (χ1v) is 8.39. The molecule has 0 aliphatic carbocycles. The molecule has 2 amide bonds. The smallest absolute Gasteiger partial charge is 0.243 e. The number of fused-ring (bicyclic) bond motifs is 1. The summed E-state index contributed by atoms with van der Waals surface area (Å²) in [6, 6.07) is 14.8. The summed E-state index contributed by atoms with van der Waals surface area (Å²) in [6.07, 6.45) is 0.517. The molecule has 25 heavy (non-hydrogen) atoms. The van der Waals surface area contributed by atoms with Crippen LogP contribution in [0.2, 0.25) is 0 Å². The summed E-state index contributed by atoms with van der Waals surface area (Å²) in [5.74, 6) is -0.275. The van der Waals surface area contributed by atoms with Gasteiger partial charge in [-0.3, -0.25) is 9.59 Å². The van der Waals surface area contributed by atoms with E-state index in [-0.39, 0.29) is 18.4 Å². The first-order valence-electron chi connectivity index (χ1n) is 8.39. The SMILES string of the molecule is CC(=O)N1Cc2ccccc2CC1C(=O)NCc1ccccc1CO. The van der Waals surface area contributed by atoms with Crippen molar-refractivity contribution in [3.05, 3.63) is 70.8 Å². The van der Waals surface area contributed by atoms with Gasteiger partial charge in [-0.2, -0.15) is 0 Å². The number of amides is 2. The van der Waals surface area contributed by atoms with Crippen LogP contribution in [0.5, 0.6) is 0 Å². The Morgan fingerprint density at radius 3 is 2.40 bits per heavy atom. The fourth-order valence-corrected chi connectivity index (χ4v) is 3.27. The zero-order valence-corrected chi connectivity index (χ0v) is 14.2. The lowest BCUT2D eigenvalue weighted by atomic mass is 9.93. The molecule has 0 saturated carbocycles. The summed E-state index contributed by atoms with van der Waals surface area (Å²) in [5.41, 5.74) is 3.87. The molecule has 5 nitrogen and oxygen atoms in total. The van der Waals surface area contributed by atoms with Crippen molar-refractivity contribution in [1.82, 2.24) is 10.2 Å². The predicted octanol–water partition coefficient (Wildman–Crippen LogP) is 1.77. The van der Waals surface area contributed by atoms with Crippen molar-refractivity contribution in [2.75, 3.05) is 0 Å². The van der Waals surface area contributed by atoms with Crippen LogP contribution in [0.15, 0.2) is 48.5 Å². The van der Waals surface area contributed by atoms with Crippen molar-refractivity contribution in [1.29, 1.82) is 0 Å². The molecule has 0 bridgehead atoms. The van der Waals surface area contributed by atoms with E-state index < -0.39 is 6.04 Å². The minimum atomic E-state index is -0.506. The molecule has 3 rings (SSSR count). The Balaban J connectivity index is 1.75. The Morgan fingerprint density at radius 2 is 1.72 bits per heavy atom. The molecule has 1 aliphatic rings. The lowest BCUT2D eigenvalue weighted by molar-refractivity contribution is -0.140. The predicted molar refractivity (Wildman–Crippen MR) is 94.4 cm³/mol. The highest BCUT2D eigenvalue weighted by Crippen LogP contribution is 2.23. The Bertz CT molecular complexity index is 788. The van der Waals surface area contributed by atoms with E-state index in [0.29, 0.717) is 19.5 Å². The highest BCUT2D eigenvalue weighted by Gasteiger charge is 2.32. The van der Waals surface area contributed by atoms with Crippen molar-refractivity contribution in [3.8, 4) is 0 Å². The molecule has 2 aromatic carbocycles. The number of hydrogen-bond donors (Lipinski definition) is 2. The number of aliphatic hydroxyl groups excluding tert-OH is 1. The van der Waals surface area contributed by atoms with Crippen LogP contribution in [0.4, 0.5) is 0 Å². The second-order valence-electron chi connectivity index (χ2n) is 6.28. The average molecular weight is 338 g/mol. The van der Waals surface area contributed by atoms with Gasteiger partial charge in [0.1, 0.15) is 6.04 Å². The van der Waals surface area contributed by atoms with Gasteiger partial charge in [-0.15, -0.1) is 0 Å². The number of carbonyl (C=O) groups is 2. The van der Waals surface area contributed by atoms with Crippen LogP contribution in [0.3, 0.4) is 0 Å². The number of nitrogens with zero attached hydrogens (tertiary/aromatic N) is 1. The molecule has 0 spiro atoms. The van der Waals surface area contributed by atoms with E-state index in [2.05, 4.69) is 5.32 Å². The highest BCUT2D eigenvalue weighted by molar-refractivity contribution is 5.87. The third-order valence-corrected chi connectivity index (χ3v) is 4.70. The van der Waals surface area contributed by atoms with Gasteiger partial charge in [0.2, 0.25) is 11.8 Å². The van der Waals surface area contributed by atoms with Gasteiger partial charge in [0.15, 0.2) is 0 Å². The second-order valence-corrected chi connectivity index (χ2v) is 6.28. The van der Waals surface area contributed by atoms with Gasteiger partial charge >= 0.3 is 0 Å². The van der Waals surface area contributed by atoms with Crippen LogP contribution in [0.25, 0.3) is 0 Å². The maximum atomic E-state index is 12.7. The Labute approximate surface area is 147 Å². The molecule has 0 aromatic heterocycles. The quantitative estimate of drug-likeness (QED) is 0.893. The van der Waals surface area contributed by atoms with Gasteiger partial charge in [-0.25, -0.2) is 0 Å². The van der Waals surface area contributed by atoms with Crippen molar-refractivity contribution in [2.24, 2.45) is 0 Å². The van der Waals surface area contributed by atoms with Gasteiger partial charge in [-0.05, 0) is 22.3 Å². The summed E-state index contributed by atoms with van der Waals surface area (Å²) < 4.78 is 0. The topological polar surface area (TPSA) is 69.6 Å². The van der Waals surface area contributed by atoms with Gasteiger partial charge in [0.05, 0.1) is 6.61 Å². The molecule has 0 radical (unpaired) electrons. The van der Waals surface area contributed by atoms with E-state index in [0.717, 1.165) is 22.3 Å². The number of aliphatic hydroxyl groups is 1. The normalized spacial score (nSPS) is 16.2. The van der Waals surface area contributed by atoms with E-state index >= 15 is 0 Å². The number of nitrogens with one attached hydrogen (secondary N) is 1. The van der Waals surface area contributed by atoms with Gasteiger partial charge in [0.25, 0.3) is 0 Å². The summed E-state index contributed by atoms with van der Waals surface area (Å²) in [5, 5.41) is 12.3. The highest BCUT2D eigenvalue weighted by atomic mass is 16.3. The average Bonchev–Trinajstić information content (AvgIpc) is 2.65. The third kappa shape index (κ3) is 3.72. The van der Waals surface area contributed by atoms with Gasteiger partial charge < -0.3 is 15.3 Å². The van der Waals surface area contributed by atoms with Crippen LogP contribution < -0.4 is 5.32 Å². The Kier molecular flexibility index (Phi) is 5.14. The summed E-state index contributed by atoms with van der Waals surface area (Å²) in [7, 11) is 0. The second kappa shape index (κ2) is 7.49. The molecular weight excluding hydrogens is 316 g/mol. The fourth-order valence-electron chi connectivity index (χ4n) is 3.27. The zero-order valence-electron chi connectivity index (χ0n) is 14.2. The van der Waals surface area contributed by atoms with Crippen molar-refractivity contribution < 1.29 is 14.7 Å². The molecule has 2 N–H and O–H groups in total. The van der Waals surface area contributed by atoms with E-state index in [1.54, 1.807) is 4.90 Å². The molecule has 5 heteroatoms. The van der Waals surface area contributed by atoms with Gasteiger partial charge in [-0.1, -0.05) is 48.5 Å². The maximum absolute atomic E-state index is 12.7. The summed E-state index contributed by atoms with van der Waals surface area (Å²) >= 11 is 0. The van der Waals surface area contributed by atoms with Crippen LogP contribution in [-0.2, 0) is 35.7 Å². The van der Waals surface area contributed by atoms with Crippen molar-refractivity contribution in [3.63, 3.8) is 0 Å². The number of carbonyl (C=O) groups excluding carboxylic acids is 2. The summed E-state index contributed by atoms with van der Waals surface area (Å²) in [6.45, 7) is 2.22. The standard InChI is InChI=1S/C20H22N2O3/c1-14(24)22-12-17-8-4-2-6-15(17)10-19(22)20(25)21-11-16-7-3-5-9-18(16)13-23/h2-9,19,23H,10-13H2,1H3,(H,21,25). The molecule has 1 heterocycles. The number of hydrogen-bond acceptors (Lipinski definition) is 3. The van der Waals surface area contributed by atoms with Crippen molar-refractivity contribution in [2.45, 2.75) is 39.1 Å². The van der Waals surface area contributed by atoms with E-state index in [1.807, 2.05) is 48.5 Å². The Morgan fingerprint density at radius 1 is 1.08 bits per heavy atom. The molecule has 0 fully saturated rings. The molecule has 130 valence electrons. The fraction of sp³-hybridized carbons (Fsp3) is 0.300. The van der Waals surface area contributed by atoms with Crippen LogP contribution >= 0.6 is 0 Å². The van der Waals surface area contributed by atoms with Crippen molar-refractivity contribution >= 4 is 11.8 Å². The van der Waals surface area contributed by atoms with Crippen LogP contribution in [0, 0.1) is 0 Å².